The first-order valence-electron chi connectivity index (χ1n) is 8.66. The number of nitrogens with zero attached hydrogens (tertiary/aromatic N) is 3. The molecule has 1 heterocycles. The van der Waals surface area contributed by atoms with Crippen molar-refractivity contribution in [2.45, 2.75) is 24.4 Å². The van der Waals surface area contributed by atoms with Crippen molar-refractivity contribution in [1.82, 2.24) is 19.5 Å². The number of hydrogen-bond acceptors (Lipinski definition) is 6. The smallest absolute Gasteiger partial charge is 0.338 e. The second-order valence-corrected chi connectivity index (χ2v) is 7.66. The van der Waals surface area contributed by atoms with Crippen molar-refractivity contribution in [2.75, 3.05) is 6.61 Å². The van der Waals surface area contributed by atoms with E-state index in [1.54, 1.807) is 11.6 Å². The molecule has 0 saturated heterocycles. The summed E-state index contributed by atoms with van der Waals surface area (Å²) in [6.45, 7) is 2.16. The highest BCUT2D eigenvalue weighted by molar-refractivity contribution is 7.89. The fraction of sp³-hybridized carbons (Fsp3) is 0.211. The zero-order chi connectivity index (χ0) is 20.0. The van der Waals surface area contributed by atoms with Crippen molar-refractivity contribution in [3.05, 3.63) is 78.4 Å². The zero-order valence-electron chi connectivity index (χ0n) is 15.2. The van der Waals surface area contributed by atoms with Gasteiger partial charge >= 0.3 is 5.97 Å². The molecule has 0 radical (unpaired) electrons. The molecule has 0 fully saturated rings. The zero-order valence-corrected chi connectivity index (χ0v) is 16.0. The van der Waals surface area contributed by atoms with Crippen LogP contribution in [0, 0.1) is 0 Å². The Morgan fingerprint density at radius 1 is 1.18 bits per heavy atom. The second-order valence-electron chi connectivity index (χ2n) is 5.95. The molecular formula is C19H20N4O4S. The minimum atomic E-state index is -3.90. The van der Waals surface area contributed by atoms with Gasteiger partial charge in [0.2, 0.25) is 10.0 Å². The summed E-state index contributed by atoms with van der Waals surface area (Å²) in [4.78, 5) is 15.8. The molecule has 0 amide bonds. The van der Waals surface area contributed by atoms with E-state index in [2.05, 4.69) is 14.8 Å². The van der Waals surface area contributed by atoms with Crippen LogP contribution >= 0.6 is 0 Å². The largest absolute Gasteiger partial charge is 0.462 e. The molecule has 146 valence electrons. The minimum absolute atomic E-state index is 0.0161. The van der Waals surface area contributed by atoms with Gasteiger partial charge in [-0.2, -0.15) is 5.10 Å². The van der Waals surface area contributed by atoms with Gasteiger partial charge in [0.1, 0.15) is 12.7 Å². The number of nitrogens with one attached hydrogen (secondary N) is 1. The number of aromatic nitrogens is 3. The minimum Gasteiger partial charge on any atom is -0.462 e. The third kappa shape index (κ3) is 4.81. The predicted octanol–water partition coefficient (Wildman–Crippen LogP) is 2.17. The molecule has 0 aliphatic carbocycles. The molecule has 8 nitrogen and oxygen atoms in total. The summed E-state index contributed by atoms with van der Waals surface area (Å²) in [5.74, 6) is -0.568. The van der Waals surface area contributed by atoms with E-state index in [4.69, 9.17) is 4.74 Å². The molecule has 3 rings (SSSR count). The number of ether oxygens (including phenoxy) is 1. The summed E-state index contributed by atoms with van der Waals surface area (Å²) >= 11 is 0. The molecule has 1 N–H and O–H groups in total. The molecule has 0 bridgehead atoms. The molecule has 2 aromatic carbocycles. The first-order chi connectivity index (χ1) is 13.5. The topological polar surface area (TPSA) is 103 Å². The molecule has 28 heavy (non-hydrogen) atoms. The Kier molecular flexibility index (Phi) is 6.17. The molecule has 3 aromatic rings. The average molecular weight is 400 g/mol. The van der Waals surface area contributed by atoms with Crippen LogP contribution < -0.4 is 4.72 Å². The van der Waals surface area contributed by atoms with Crippen LogP contribution in [0.5, 0.6) is 0 Å². The standard InChI is InChI=1S/C19H20N4O4S/c1-2-27-19(24)16-9-6-10-17(11-16)28(25,26)22-18(12-23-14-20-13-21-23)15-7-4-3-5-8-15/h3-11,13-14,18,22H,2,12H2,1H3. The van der Waals surface area contributed by atoms with E-state index in [-0.39, 0.29) is 23.6 Å². The summed E-state index contributed by atoms with van der Waals surface area (Å²) < 4.78 is 35.1. The van der Waals surface area contributed by atoms with Gasteiger partial charge in [0, 0.05) is 0 Å². The molecule has 1 aromatic heterocycles. The fourth-order valence-electron chi connectivity index (χ4n) is 2.67. The van der Waals surface area contributed by atoms with Crippen molar-refractivity contribution in [2.24, 2.45) is 0 Å². The van der Waals surface area contributed by atoms with Gasteiger partial charge in [0.05, 0.1) is 29.7 Å². The maximum Gasteiger partial charge on any atom is 0.338 e. The quantitative estimate of drug-likeness (QED) is 0.581. The van der Waals surface area contributed by atoms with Crippen LogP contribution in [0.2, 0.25) is 0 Å². The van der Waals surface area contributed by atoms with Crippen molar-refractivity contribution in [3.8, 4) is 0 Å². The Labute approximate surface area is 163 Å². The molecule has 0 spiro atoms. The van der Waals surface area contributed by atoms with E-state index in [1.165, 1.54) is 36.9 Å². The molecule has 1 unspecified atom stereocenters. The highest BCUT2D eigenvalue weighted by atomic mass is 32.2. The van der Waals surface area contributed by atoms with Crippen molar-refractivity contribution in [1.29, 1.82) is 0 Å². The van der Waals surface area contributed by atoms with Gasteiger partial charge in [-0.25, -0.2) is 22.9 Å². The molecular weight excluding hydrogens is 380 g/mol. The van der Waals surface area contributed by atoms with Crippen LogP contribution in [-0.2, 0) is 21.3 Å². The van der Waals surface area contributed by atoms with Crippen LogP contribution in [-0.4, -0.2) is 35.8 Å². The van der Waals surface area contributed by atoms with E-state index >= 15 is 0 Å². The summed E-state index contributed by atoms with van der Waals surface area (Å²) in [5.41, 5.74) is 0.959. The number of esters is 1. The van der Waals surface area contributed by atoms with Gasteiger partial charge in [0.15, 0.2) is 0 Å². The second kappa shape index (κ2) is 8.77. The first-order valence-corrected chi connectivity index (χ1v) is 10.1. The highest BCUT2D eigenvalue weighted by Crippen LogP contribution is 2.20. The van der Waals surface area contributed by atoms with Crippen molar-refractivity contribution in [3.63, 3.8) is 0 Å². The Morgan fingerprint density at radius 2 is 1.96 bits per heavy atom. The molecule has 0 aliphatic rings. The number of carbonyl (C=O) groups excluding carboxylic acids is 1. The Balaban J connectivity index is 1.89. The van der Waals surface area contributed by atoms with Gasteiger partial charge < -0.3 is 4.74 Å². The van der Waals surface area contributed by atoms with Crippen molar-refractivity contribution >= 4 is 16.0 Å². The third-order valence-electron chi connectivity index (χ3n) is 3.99. The summed E-state index contributed by atoms with van der Waals surface area (Å²) in [6.07, 6.45) is 2.91. The van der Waals surface area contributed by atoms with Crippen molar-refractivity contribution < 1.29 is 17.9 Å². The van der Waals surface area contributed by atoms with Gasteiger partial charge in [0.25, 0.3) is 0 Å². The molecule has 9 heteroatoms. The maximum atomic E-state index is 13.0. The molecule has 1 atom stereocenters. The van der Waals surface area contributed by atoms with Crippen LogP contribution in [0.15, 0.2) is 72.1 Å². The van der Waals surface area contributed by atoms with Gasteiger partial charge in [-0.3, -0.25) is 4.68 Å². The fourth-order valence-corrected chi connectivity index (χ4v) is 3.93. The Bertz CT molecular complexity index is 1020. The van der Waals surface area contributed by atoms with Crippen LogP contribution in [0.25, 0.3) is 0 Å². The summed E-state index contributed by atoms with van der Waals surface area (Å²) in [5, 5.41) is 4.05. The maximum absolute atomic E-state index is 13.0. The van der Waals surface area contributed by atoms with E-state index in [9.17, 15) is 13.2 Å². The van der Waals surface area contributed by atoms with Crippen LogP contribution in [0.4, 0.5) is 0 Å². The number of sulfonamides is 1. The number of carbonyl (C=O) groups is 1. The van der Waals surface area contributed by atoms with Crippen LogP contribution in [0.3, 0.4) is 0 Å². The SMILES string of the molecule is CCOC(=O)c1cccc(S(=O)(=O)NC(Cn2cncn2)c2ccccc2)c1. The molecule has 0 aliphatic heterocycles. The monoisotopic (exact) mass is 400 g/mol. The van der Waals surface area contributed by atoms with E-state index < -0.39 is 22.0 Å². The lowest BCUT2D eigenvalue weighted by Crippen LogP contribution is -2.31. The normalized spacial score (nSPS) is 12.5. The number of hydrogen-bond donors (Lipinski definition) is 1. The first kappa shape index (κ1) is 19.7. The lowest BCUT2D eigenvalue weighted by atomic mass is 10.1. The van der Waals surface area contributed by atoms with Gasteiger partial charge in [-0.05, 0) is 30.7 Å². The van der Waals surface area contributed by atoms with E-state index in [0.717, 1.165) is 5.56 Å². The molecule has 0 saturated carbocycles. The lowest BCUT2D eigenvalue weighted by Gasteiger charge is -2.19. The van der Waals surface area contributed by atoms with Gasteiger partial charge in [-0.1, -0.05) is 36.4 Å². The Hall–Kier alpha value is -3.04. The third-order valence-corrected chi connectivity index (χ3v) is 5.46. The van der Waals surface area contributed by atoms with Crippen LogP contribution in [0.1, 0.15) is 28.9 Å². The highest BCUT2D eigenvalue weighted by Gasteiger charge is 2.23. The summed E-state index contributed by atoms with van der Waals surface area (Å²) in [6, 6.07) is 14.4. The van der Waals surface area contributed by atoms with E-state index in [0.29, 0.717) is 0 Å². The van der Waals surface area contributed by atoms with E-state index in [1.807, 2.05) is 30.3 Å². The van der Waals surface area contributed by atoms with Gasteiger partial charge in [-0.15, -0.1) is 0 Å². The Morgan fingerprint density at radius 3 is 2.64 bits per heavy atom. The lowest BCUT2D eigenvalue weighted by molar-refractivity contribution is 0.0526. The number of rotatable bonds is 8. The predicted molar refractivity (Wildman–Crippen MR) is 102 cm³/mol. The number of benzene rings is 2. The summed E-state index contributed by atoms with van der Waals surface area (Å²) in [7, 11) is -3.90. The average Bonchev–Trinajstić information content (AvgIpc) is 3.21.